The molecule has 0 aliphatic heterocycles. The van der Waals surface area contributed by atoms with Crippen molar-refractivity contribution in [3.05, 3.63) is 50.1 Å². The van der Waals surface area contributed by atoms with Crippen LogP contribution < -0.4 is 10.1 Å². The Hall–Kier alpha value is -1.33. The van der Waals surface area contributed by atoms with E-state index >= 15 is 0 Å². The number of carbonyl (C=O) groups excluding carboxylic acids is 1. The van der Waals surface area contributed by atoms with Crippen LogP contribution in [0.2, 0.25) is 0 Å². The van der Waals surface area contributed by atoms with Crippen LogP contribution in [-0.2, 0) is 6.42 Å². The molecule has 1 atom stereocenters. The number of hydrogen-bond acceptors (Lipinski definition) is 3. The minimum atomic E-state index is -0.111. The summed E-state index contributed by atoms with van der Waals surface area (Å²) in [4.78, 5) is 14.9. The first kappa shape index (κ1) is 16.0. The highest BCUT2D eigenvalue weighted by molar-refractivity contribution is 9.10. The molecule has 112 valence electrons. The van der Waals surface area contributed by atoms with Crippen LogP contribution in [0.3, 0.4) is 0 Å². The summed E-state index contributed by atoms with van der Waals surface area (Å²) in [6, 6.07) is 9.69. The first-order chi connectivity index (χ1) is 9.99. The van der Waals surface area contributed by atoms with Crippen molar-refractivity contribution in [3.63, 3.8) is 0 Å². The van der Waals surface area contributed by atoms with E-state index in [0.717, 1.165) is 10.9 Å². The predicted molar refractivity (Wildman–Crippen MR) is 90.4 cm³/mol. The number of carbonyl (C=O) groups is 1. The molecule has 21 heavy (non-hydrogen) atoms. The first-order valence-corrected chi connectivity index (χ1v) is 8.30. The number of amides is 1. The van der Waals surface area contributed by atoms with Gasteiger partial charge in [0.1, 0.15) is 5.75 Å². The molecule has 0 spiro atoms. The standard InChI is InChI=1S/C16H18BrNO2S/c1-10(8-13-6-4-11(2)21-13)18-16(19)14-7-5-12(17)9-15(14)20-3/h4-7,9-10H,8H2,1-3H3,(H,18,19). The summed E-state index contributed by atoms with van der Waals surface area (Å²) in [5.74, 6) is 0.459. The third-order valence-corrected chi connectivity index (χ3v) is 4.61. The van der Waals surface area contributed by atoms with Gasteiger partial charge in [0.15, 0.2) is 0 Å². The second kappa shape index (κ2) is 7.09. The van der Waals surface area contributed by atoms with Crippen LogP contribution in [0.5, 0.6) is 5.75 Å². The molecule has 0 aliphatic carbocycles. The van der Waals surface area contributed by atoms with Gasteiger partial charge < -0.3 is 10.1 Å². The van der Waals surface area contributed by atoms with Crippen LogP contribution in [0.1, 0.15) is 27.0 Å². The lowest BCUT2D eigenvalue weighted by Gasteiger charge is -2.15. The summed E-state index contributed by atoms with van der Waals surface area (Å²) in [5, 5.41) is 3.02. The third kappa shape index (κ3) is 4.32. The summed E-state index contributed by atoms with van der Waals surface area (Å²) in [7, 11) is 1.57. The fourth-order valence-electron chi connectivity index (χ4n) is 2.10. The van der Waals surface area contributed by atoms with Crippen LogP contribution in [0.25, 0.3) is 0 Å². The molecule has 0 bridgehead atoms. The molecule has 1 heterocycles. The Morgan fingerprint density at radius 3 is 2.76 bits per heavy atom. The van der Waals surface area contributed by atoms with E-state index in [0.29, 0.717) is 11.3 Å². The van der Waals surface area contributed by atoms with E-state index in [4.69, 9.17) is 4.74 Å². The topological polar surface area (TPSA) is 38.3 Å². The zero-order valence-corrected chi connectivity index (χ0v) is 14.7. The lowest BCUT2D eigenvalue weighted by molar-refractivity contribution is 0.0937. The molecule has 3 nitrogen and oxygen atoms in total. The van der Waals surface area contributed by atoms with Gasteiger partial charge in [-0.25, -0.2) is 0 Å². The van der Waals surface area contributed by atoms with Crippen molar-refractivity contribution in [3.8, 4) is 5.75 Å². The van der Waals surface area contributed by atoms with Crippen molar-refractivity contribution in [2.24, 2.45) is 0 Å². The third-order valence-electron chi connectivity index (χ3n) is 3.09. The second-order valence-electron chi connectivity index (χ2n) is 4.94. The number of nitrogens with one attached hydrogen (secondary N) is 1. The molecule has 1 unspecified atom stereocenters. The van der Waals surface area contributed by atoms with Gasteiger partial charge in [0.25, 0.3) is 5.91 Å². The molecule has 0 saturated heterocycles. The van der Waals surface area contributed by atoms with Gasteiger partial charge in [-0.05, 0) is 44.2 Å². The fraction of sp³-hybridized carbons (Fsp3) is 0.312. The van der Waals surface area contributed by atoms with Crippen molar-refractivity contribution in [2.45, 2.75) is 26.3 Å². The maximum Gasteiger partial charge on any atom is 0.255 e. The Morgan fingerprint density at radius 2 is 2.14 bits per heavy atom. The number of halogens is 1. The summed E-state index contributed by atoms with van der Waals surface area (Å²) < 4.78 is 6.15. The average Bonchev–Trinajstić information content (AvgIpc) is 2.83. The molecule has 0 radical (unpaired) electrons. The molecule has 2 rings (SSSR count). The zero-order chi connectivity index (χ0) is 15.4. The zero-order valence-electron chi connectivity index (χ0n) is 12.3. The van der Waals surface area contributed by atoms with Gasteiger partial charge in [-0.2, -0.15) is 0 Å². The van der Waals surface area contributed by atoms with Gasteiger partial charge in [0, 0.05) is 26.7 Å². The van der Waals surface area contributed by atoms with Crippen molar-refractivity contribution >= 4 is 33.2 Å². The SMILES string of the molecule is COc1cc(Br)ccc1C(=O)NC(C)Cc1ccc(C)s1. The van der Waals surface area contributed by atoms with E-state index in [1.54, 1.807) is 30.6 Å². The maximum atomic E-state index is 12.3. The number of aryl methyl sites for hydroxylation is 1. The quantitative estimate of drug-likeness (QED) is 0.860. The number of methoxy groups -OCH3 is 1. The average molecular weight is 368 g/mol. The molecule has 1 amide bonds. The van der Waals surface area contributed by atoms with E-state index in [1.165, 1.54) is 9.75 Å². The summed E-state index contributed by atoms with van der Waals surface area (Å²) in [6.07, 6.45) is 0.836. The molecule has 1 aromatic carbocycles. The summed E-state index contributed by atoms with van der Waals surface area (Å²) in [5.41, 5.74) is 0.551. The lowest BCUT2D eigenvalue weighted by Crippen LogP contribution is -2.34. The Labute approximate surface area is 137 Å². The minimum Gasteiger partial charge on any atom is -0.496 e. The first-order valence-electron chi connectivity index (χ1n) is 6.69. The van der Waals surface area contributed by atoms with E-state index in [9.17, 15) is 4.79 Å². The normalized spacial score (nSPS) is 12.0. The number of thiophene rings is 1. The molecule has 1 aromatic heterocycles. The van der Waals surface area contributed by atoms with Crippen LogP contribution in [-0.4, -0.2) is 19.1 Å². The van der Waals surface area contributed by atoms with Crippen molar-refractivity contribution in [1.82, 2.24) is 5.32 Å². The van der Waals surface area contributed by atoms with Gasteiger partial charge >= 0.3 is 0 Å². The molecule has 5 heteroatoms. The fourth-order valence-corrected chi connectivity index (χ4v) is 3.46. The van der Waals surface area contributed by atoms with Gasteiger partial charge in [0.05, 0.1) is 12.7 Å². The lowest BCUT2D eigenvalue weighted by atomic mass is 10.1. The van der Waals surface area contributed by atoms with Crippen molar-refractivity contribution < 1.29 is 9.53 Å². The predicted octanol–water partition coefficient (Wildman–Crippen LogP) is 4.19. The highest BCUT2D eigenvalue weighted by Gasteiger charge is 2.15. The van der Waals surface area contributed by atoms with Gasteiger partial charge in [-0.3, -0.25) is 4.79 Å². The number of ether oxygens (including phenoxy) is 1. The Kier molecular flexibility index (Phi) is 5.42. The van der Waals surface area contributed by atoms with Crippen LogP contribution in [0.15, 0.2) is 34.8 Å². The highest BCUT2D eigenvalue weighted by Crippen LogP contribution is 2.23. The van der Waals surface area contributed by atoms with Crippen molar-refractivity contribution in [2.75, 3.05) is 7.11 Å². The van der Waals surface area contributed by atoms with Crippen molar-refractivity contribution in [1.29, 1.82) is 0 Å². The Balaban J connectivity index is 2.03. The van der Waals surface area contributed by atoms with E-state index in [1.807, 2.05) is 13.0 Å². The molecule has 1 N–H and O–H groups in total. The van der Waals surface area contributed by atoms with Gasteiger partial charge in [-0.1, -0.05) is 15.9 Å². The molecular formula is C16H18BrNO2S. The number of hydrogen-bond donors (Lipinski definition) is 1. The van der Waals surface area contributed by atoms with E-state index in [-0.39, 0.29) is 11.9 Å². The Morgan fingerprint density at radius 1 is 1.38 bits per heavy atom. The van der Waals surface area contributed by atoms with Crippen LogP contribution >= 0.6 is 27.3 Å². The monoisotopic (exact) mass is 367 g/mol. The van der Waals surface area contributed by atoms with E-state index < -0.39 is 0 Å². The molecular weight excluding hydrogens is 350 g/mol. The van der Waals surface area contributed by atoms with E-state index in [2.05, 4.69) is 40.3 Å². The smallest absolute Gasteiger partial charge is 0.255 e. The number of benzene rings is 1. The summed E-state index contributed by atoms with van der Waals surface area (Å²) >= 11 is 5.14. The van der Waals surface area contributed by atoms with Crippen LogP contribution in [0, 0.1) is 6.92 Å². The largest absolute Gasteiger partial charge is 0.496 e. The maximum absolute atomic E-state index is 12.3. The van der Waals surface area contributed by atoms with Crippen LogP contribution in [0.4, 0.5) is 0 Å². The molecule has 0 saturated carbocycles. The second-order valence-corrected chi connectivity index (χ2v) is 7.22. The van der Waals surface area contributed by atoms with Gasteiger partial charge in [-0.15, -0.1) is 11.3 Å². The molecule has 0 fully saturated rings. The molecule has 2 aromatic rings. The highest BCUT2D eigenvalue weighted by atomic mass is 79.9. The Bertz CT molecular complexity index is 639. The minimum absolute atomic E-state index is 0.0731. The molecule has 0 aliphatic rings. The van der Waals surface area contributed by atoms with Gasteiger partial charge in [0.2, 0.25) is 0 Å². The summed E-state index contributed by atoms with van der Waals surface area (Å²) in [6.45, 7) is 4.10. The number of rotatable bonds is 5.